The van der Waals surface area contributed by atoms with E-state index in [1.165, 1.54) is 0 Å². The molecule has 0 fully saturated rings. The first kappa shape index (κ1) is 9.35. The van der Waals surface area contributed by atoms with E-state index in [1.54, 1.807) is 6.08 Å². The molecule has 0 aliphatic rings. The van der Waals surface area contributed by atoms with Crippen LogP contribution in [0.25, 0.3) is 0 Å². The fourth-order valence-electron chi connectivity index (χ4n) is 0. The molecule has 2 N–H and O–H groups in total. The monoisotopic (exact) mass is 97.0 g/mol. The molecule has 0 aliphatic carbocycles. The maximum atomic E-state index is 4.91. The van der Waals surface area contributed by atoms with E-state index in [-0.39, 0.29) is 37.7 Å². The van der Waals surface area contributed by atoms with E-state index in [1.807, 2.05) is 0 Å². The first-order valence-corrected chi connectivity index (χ1v) is 1.22. The molecule has 0 aromatic heterocycles. The Morgan fingerprint density at radius 3 is 2.00 bits per heavy atom. The van der Waals surface area contributed by atoms with Gasteiger partial charge in [0, 0.05) is 44.3 Å². The summed E-state index contributed by atoms with van der Waals surface area (Å²) in [6, 6.07) is 0. The fraction of sp³-hybridized carbons (Fsp3) is 0.333. The second-order valence-corrected chi connectivity index (χ2v) is 0.524. The van der Waals surface area contributed by atoms with Gasteiger partial charge in [-0.2, -0.15) is 0 Å². The van der Waals surface area contributed by atoms with Crippen LogP contribution >= 0.6 is 0 Å². The third kappa shape index (κ3) is 11.3. The Morgan fingerprint density at radius 2 is 2.00 bits per heavy atom. The molecule has 0 amide bonds. The Bertz CT molecular complexity index is 20.9. The fourth-order valence-corrected chi connectivity index (χ4v) is 0. The third-order valence-corrected chi connectivity index (χ3v) is 0.167. The van der Waals surface area contributed by atoms with Crippen molar-refractivity contribution in [3.63, 3.8) is 0 Å². The topological polar surface area (TPSA) is 26.0 Å². The molecule has 0 saturated carbocycles. The van der Waals surface area contributed by atoms with Crippen molar-refractivity contribution in [1.29, 1.82) is 0 Å². The summed E-state index contributed by atoms with van der Waals surface area (Å²) in [4.78, 5) is 0. The summed E-state index contributed by atoms with van der Waals surface area (Å²) in [7, 11) is 0. The van der Waals surface area contributed by atoms with Crippen molar-refractivity contribution in [2.75, 3.05) is 6.54 Å². The van der Waals surface area contributed by atoms with Gasteiger partial charge in [-0.1, -0.05) is 6.08 Å². The minimum atomic E-state index is 0. The number of hydrogen-bond donors (Lipinski definition) is 1. The summed E-state index contributed by atoms with van der Waals surface area (Å²) in [6.45, 7) is 3.94. The van der Waals surface area contributed by atoms with E-state index >= 15 is 0 Å². The molecule has 0 spiro atoms. The molecule has 5 heavy (non-hydrogen) atoms. The van der Waals surface area contributed by atoms with Gasteiger partial charge in [-0.25, -0.2) is 0 Å². The maximum Gasteiger partial charge on any atom is 0.0104 e. The zero-order valence-electron chi connectivity index (χ0n) is 2.92. The summed E-state index contributed by atoms with van der Waals surface area (Å²) in [5, 5.41) is 0. The van der Waals surface area contributed by atoms with Crippen molar-refractivity contribution in [3.8, 4) is 0 Å². The standard InChI is InChI=1S/C3H7N.Ar/c1-2-3-4;/h2H,1,3-4H2;. The van der Waals surface area contributed by atoms with Crippen molar-refractivity contribution in [1.82, 2.24) is 0 Å². The van der Waals surface area contributed by atoms with Gasteiger partial charge in [-0.05, 0) is 0 Å². The van der Waals surface area contributed by atoms with Crippen LogP contribution in [0.1, 0.15) is 0 Å². The van der Waals surface area contributed by atoms with Crippen molar-refractivity contribution < 1.29 is 37.7 Å². The average Bonchev–Trinajstić information content (AvgIpc) is 1.37. The number of rotatable bonds is 1. The van der Waals surface area contributed by atoms with E-state index < -0.39 is 0 Å². The van der Waals surface area contributed by atoms with Crippen molar-refractivity contribution in [2.24, 2.45) is 5.73 Å². The minimum Gasteiger partial charge on any atom is -0.327 e. The molecule has 0 radical (unpaired) electrons. The van der Waals surface area contributed by atoms with Crippen LogP contribution in [0.15, 0.2) is 12.7 Å². The quantitative estimate of drug-likeness (QED) is 0.462. The molecular formula is C3H7ArN. The van der Waals surface area contributed by atoms with Gasteiger partial charge < -0.3 is 5.73 Å². The van der Waals surface area contributed by atoms with E-state index in [4.69, 9.17) is 5.73 Å². The second-order valence-electron chi connectivity index (χ2n) is 0.524. The van der Waals surface area contributed by atoms with Crippen molar-refractivity contribution in [3.05, 3.63) is 12.7 Å². The van der Waals surface area contributed by atoms with Crippen LogP contribution < -0.4 is 5.73 Å². The van der Waals surface area contributed by atoms with E-state index in [0.29, 0.717) is 6.54 Å². The molecule has 0 atom stereocenters. The normalized spacial score (nSPS) is 5.00. The summed E-state index contributed by atoms with van der Waals surface area (Å²) < 4.78 is 0. The van der Waals surface area contributed by atoms with Gasteiger partial charge in [0.05, 0.1) is 0 Å². The molecule has 0 aromatic rings. The van der Waals surface area contributed by atoms with Gasteiger partial charge in [-0.3, -0.25) is 0 Å². The van der Waals surface area contributed by atoms with E-state index in [0.717, 1.165) is 0 Å². The summed E-state index contributed by atoms with van der Waals surface area (Å²) in [5.41, 5.74) is 4.91. The summed E-state index contributed by atoms with van der Waals surface area (Å²) >= 11 is 0. The van der Waals surface area contributed by atoms with Crippen molar-refractivity contribution in [2.45, 2.75) is 0 Å². The minimum absolute atomic E-state index is 0. The predicted octanol–water partition coefficient (Wildman–Crippen LogP) is 0.131. The molecule has 0 saturated heterocycles. The van der Waals surface area contributed by atoms with Gasteiger partial charge in [0.1, 0.15) is 0 Å². The Balaban J connectivity index is 0. The molecule has 0 aromatic carbocycles. The zero-order valence-corrected chi connectivity index (χ0v) is 3.63. The largest absolute Gasteiger partial charge is 0.327 e. The van der Waals surface area contributed by atoms with Gasteiger partial charge in [0.15, 0.2) is 0 Å². The van der Waals surface area contributed by atoms with E-state index in [2.05, 4.69) is 6.58 Å². The molecule has 0 aliphatic heterocycles. The first-order valence-electron chi connectivity index (χ1n) is 1.22. The van der Waals surface area contributed by atoms with Gasteiger partial charge in [-0.15, -0.1) is 6.58 Å². The average molecular weight is 97.0 g/mol. The van der Waals surface area contributed by atoms with E-state index in [9.17, 15) is 0 Å². The van der Waals surface area contributed by atoms with Gasteiger partial charge in [0.25, 0.3) is 0 Å². The molecule has 0 rings (SSSR count). The van der Waals surface area contributed by atoms with Crippen LogP contribution in [0.3, 0.4) is 0 Å². The van der Waals surface area contributed by atoms with Crippen LogP contribution in [-0.2, 0) is 0 Å². The van der Waals surface area contributed by atoms with Crippen LogP contribution in [-0.4, -0.2) is 6.54 Å². The molecule has 0 heterocycles. The summed E-state index contributed by atoms with van der Waals surface area (Å²) in [5.74, 6) is 0. The third-order valence-electron chi connectivity index (χ3n) is 0.167. The summed E-state index contributed by atoms with van der Waals surface area (Å²) in [6.07, 6.45) is 1.65. The Kier molecular flexibility index (Phi) is 16.6. The SMILES string of the molecule is C=CCN.[Ar]. The smallest absolute Gasteiger partial charge is 0.0104 e. The molecule has 0 bridgehead atoms. The van der Waals surface area contributed by atoms with Crippen LogP contribution in [0, 0.1) is 37.7 Å². The molecule has 2 heteroatoms. The number of nitrogens with two attached hydrogens (primary N) is 1. The molecular weight excluding hydrogens is 90.0 g/mol. The molecule has 32 valence electrons. The first-order chi connectivity index (χ1) is 1.91. The molecule has 1 nitrogen and oxygen atoms in total. The predicted molar refractivity (Wildman–Crippen MR) is 19.3 cm³/mol. The Hall–Kier alpha value is 0.960. The number of hydrogen-bond acceptors (Lipinski definition) is 1. The van der Waals surface area contributed by atoms with Crippen LogP contribution in [0.4, 0.5) is 0 Å². The van der Waals surface area contributed by atoms with Crippen LogP contribution in [0.2, 0.25) is 0 Å². The van der Waals surface area contributed by atoms with Gasteiger partial charge in [0.2, 0.25) is 0 Å². The second kappa shape index (κ2) is 8.88. The zero-order chi connectivity index (χ0) is 3.41. The van der Waals surface area contributed by atoms with Crippen molar-refractivity contribution >= 4 is 0 Å². The van der Waals surface area contributed by atoms with Gasteiger partial charge >= 0.3 is 0 Å². The van der Waals surface area contributed by atoms with Crippen LogP contribution in [0.5, 0.6) is 0 Å². The Morgan fingerprint density at radius 1 is 1.80 bits per heavy atom. The maximum absolute atomic E-state index is 4.91. The Labute approximate surface area is 62.2 Å². The molecule has 0 unspecified atom stereocenters.